The number of nitrogens with one attached hydrogen (secondary N) is 2. The van der Waals surface area contributed by atoms with E-state index in [4.69, 9.17) is 11.6 Å². The highest BCUT2D eigenvalue weighted by Gasteiger charge is 2.43. The number of aliphatic hydroxyl groups is 2. The van der Waals surface area contributed by atoms with E-state index in [2.05, 4.69) is 10.6 Å². The maximum Gasteiger partial charge on any atom is 0.343 e. The van der Waals surface area contributed by atoms with E-state index in [0.717, 1.165) is 0 Å². The van der Waals surface area contributed by atoms with Crippen LogP contribution in [0.15, 0.2) is 0 Å². The fraction of sp³-hybridized carbons (Fsp3) is 0.240. The average Bonchev–Trinajstić information content (AvgIpc) is 2.93. The third-order valence-electron chi connectivity index (χ3n) is 7.24. The van der Waals surface area contributed by atoms with Gasteiger partial charge in [0.2, 0.25) is 23.2 Å². The summed E-state index contributed by atoms with van der Waals surface area (Å²) in [6, 6.07) is 0. The van der Waals surface area contributed by atoms with Crippen LogP contribution in [0.25, 0.3) is 11.1 Å². The van der Waals surface area contributed by atoms with Crippen molar-refractivity contribution in [2.24, 2.45) is 0 Å². The van der Waals surface area contributed by atoms with Gasteiger partial charge in [-0.2, -0.15) is 0 Å². The molecular weight excluding hydrogens is 604 g/mol. The van der Waals surface area contributed by atoms with E-state index < -0.39 is 116 Å². The number of hydrogen-bond donors (Lipinski definition) is 16. The molecule has 0 radical (unpaired) electrons. The van der Waals surface area contributed by atoms with Crippen LogP contribution in [0.1, 0.15) is 40.2 Å². The van der Waals surface area contributed by atoms with Crippen LogP contribution in [0.2, 0.25) is 5.02 Å². The largest absolute Gasteiger partial charge is 0.506 e. The normalized spacial score (nSPS) is 16.0. The van der Waals surface area contributed by atoms with Gasteiger partial charge in [-0.05, 0) is 11.5 Å². The number of phenolic OH excluding ortho intramolecular Hbond substituents is 9. The molecule has 2 unspecified atom stereocenters. The zero-order valence-corrected chi connectivity index (χ0v) is 22.4. The number of carbonyl (C=O) groups is 1. The minimum Gasteiger partial charge on any atom is -0.506 e. The van der Waals surface area contributed by atoms with Crippen LogP contribution in [-0.4, -0.2) is 96.5 Å². The molecule has 0 aromatic heterocycles. The van der Waals surface area contributed by atoms with Crippen molar-refractivity contribution in [2.75, 3.05) is 18.4 Å². The molecule has 4 rings (SSSR count). The molecule has 0 spiro atoms. The summed E-state index contributed by atoms with van der Waals surface area (Å²) in [4.78, 5) is 11.5. The molecule has 16 N–H and O–H groups in total. The third-order valence-corrected chi connectivity index (χ3v) is 7.62. The van der Waals surface area contributed by atoms with E-state index in [1.807, 2.05) is 0 Å². The van der Waals surface area contributed by atoms with Gasteiger partial charge >= 0.3 is 5.97 Å². The number of hydrogen-bond acceptors (Lipinski definition) is 16. The van der Waals surface area contributed by atoms with Gasteiger partial charge in [0.05, 0.1) is 22.7 Å². The first-order valence-corrected chi connectivity index (χ1v) is 12.4. The molecule has 1 aliphatic carbocycles. The number of phenols is 11. The maximum absolute atomic E-state index is 11.5. The lowest BCUT2D eigenvalue weighted by Crippen LogP contribution is -2.52. The molecular formula is C25H25ClN2O15. The van der Waals surface area contributed by atoms with Crippen molar-refractivity contribution in [3.63, 3.8) is 0 Å². The Balaban J connectivity index is 1.65. The standard InChI is InChI=1S/C25H25ClN2O15/c1-4-5(7-6(4)11(26)19(35)22(38)15(7)31)2-28-25(42,43)3-27-12-14(30)9(17(33)23(39)20(12)36)8-13(29)10(24(40)41)18(34)21(37)16(8)32/h4-5,27-39,42-43H,2-3H2,1H3,(H,40,41). The lowest BCUT2D eigenvalue weighted by Gasteiger charge is -2.40. The third kappa shape index (κ3) is 4.59. The van der Waals surface area contributed by atoms with E-state index in [1.54, 1.807) is 6.92 Å². The highest BCUT2D eigenvalue weighted by atomic mass is 35.5. The van der Waals surface area contributed by atoms with Gasteiger partial charge in [0.25, 0.3) is 0 Å². The number of rotatable bonds is 8. The zero-order valence-electron chi connectivity index (χ0n) is 21.6. The topological polar surface area (TPSA) is 324 Å². The first-order chi connectivity index (χ1) is 19.9. The van der Waals surface area contributed by atoms with Gasteiger partial charge in [0.15, 0.2) is 40.2 Å². The summed E-state index contributed by atoms with van der Waals surface area (Å²) in [5.74, 6) is -19.6. The van der Waals surface area contributed by atoms with Crippen molar-refractivity contribution in [3.05, 3.63) is 21.7 Å². The van der Waals surface area contributed by atoms with E-state index in [0.29, 0.717) is 5.56 Å². The van der Waals surface area contributed by atoms with Gasteiger partial charge < -0.3 is 76.8 Å². The van der Waals surface area contributed by atoms with Gasteiger partial charge in [-0.25, -0.2) is 4.79 Å². The van der Waals surface area contributed by atoms with Gasteiger partial charge in [0.1, 0.15) is 17.0 Å². The molecule has 232 valence electrons. The first kappa shape index (κ1) is 30.8. The van der Waals surface area contributed by atoms with Crippen molar-refractivity contribution in [1.82, 2.24) is 5.32 Å². The van der Waals surface area contributed by atoms with Crippen molar-refractivity contribution in [1.29, 1.82) is 0 Å². The van der Waals surface area contributed by atoms with Crippen molar-refractivity contribution >= 4 is 23.3 Å². The van der Waals surface area contributed by atoms with Gasteiger partial charge in [0, 0.05) is 18.0 Å². The number of halogens is 1. The zero-order chi connectivity index (χ0) is 32.5. The van der Waals surface area contributed by atoms with Gasteiger partial charge in [-0.3, -0.25) is 5.32 Å². The van der Waals surface area contributed by atoms with Crippen LogP contribution in [-0.2, 0) is 0 Å². The number of benzene rings is 3. The number of anilines is 1. The summed E-state index contributed by atoms with van der Waals surface area (Å²) in [5, 5.41) is 147. The molecule has 0 fully saturated rings. The Morgan fingerprint density at radius 1 is 0.698 bits per heavy atom. The lowest BCUT2D eigenvalue weighted by atomic mass is 9.68. The predicted molar refractivity (Wildman–Crippen MR) is 143 cm³/mol. The molecule has 0 saturated heterocycles. The molecule has 43 heavy (non-hydrogen) atoms. The molecule has 0 amide bonds. The Hall–Kier alpha value is -5.10. The van der Waals surface area contributed by atoms with Crippen molar-refractivity contribution < 1.29 is 76.3 Å². The average molecular weight is 629 g/mol. The Morgan fingerprint density at radius 2 is 1.21 bits per heavy atom. The lowest BCUT2D eigenvalue weighted by molar-refractivity contribution is -0.174. The fourth-order valence-electron chi connectivity index (χ4n) is 4.96. The minimum absolute atomic E-state index is 0.130. The molecule has 3 aromatic carbocycles. The second kappa shape index (κ2) is 10.3. The summed E-state index contributed by atoms with van der Waals surface area (Å²) in [6.45, 7) is 0.343. The predicted octanol–water partition coefficient (Wildman–Crippen LogP) is 1.01. The molecule has 0 heterocycles. The highest BCUT2D eigenvalue weighted by Crippen LogP contribution is 2.61. The first-order valence-electron chi connectivity index (χ1n) is 12.0. The SMILES string of the molecule is CC1c2c(Cl)c(O)c(O)c(O)c2C1CNC(O)(O)CNc1c(O)c(O)c(O)c(-c2c(O)c(O)c(O)c(C(=O)O)c2O)c1O. The van der Waals surface area contributed by atoms with Gasteiger partial charge in [-0.1, -0.05) is 18.5 Å². The smallest absolute Gasteiger partial charge is 0.343 e. The van der Waals surface area contributed by atoms with Crippen LogP contribution >= 0.6 is 11.6 Å². The van der Waals surface area contributed by atoms with Crippen LogP contribution in [0.3, 0.4) is 0 Å². The van der Waals surface area contributed by atoms with Gasteiger partial charge in [-0.15, -0.1) is 0 Å². The number of carboxylic acids is 1. The molecule has 0 bridgehead atoms. The second-order valence-corrected chi connectivity index (χ2v) is 10.1. The van der Waals surface area contributed by atoms with E-state index in [1.165, 1.54) is 0 Å². The Kier molecular flexibility index (Phi) is 7.40. The quantitative estimate of drug-likeness (QED) is 0.0939. The van der Waals surface area contributed by atoms with E-state index in [9.17, 15) is 76.3 Å². The van der Waals surface area contributed by atoms with Crippen molar-refractivity contribution in [3.8, 4) is 74.4 Å². The molecule has 18 heteroatoms. The summed E-state index contributed by atoms with van der Waals surface area (Å²) in [7, 11) is 0. The van der Waals surface area contributed by atoms with Crippen LogP contribution < -0.4 is 10.6 Å². The summed E-state index contributed by atoms with van der Waals surface area (Å²) in [6.07, 6.45) is 0. The summed E-state index contributed by atoms with van der Waals surface area (Å²) in [5.41, 5.74) is -4.23. The molecule has 0 aliphatic heterocycles. The van der Waals surface area contributed by atoms with Crippen LogP contribution in [0, 0.1) is 0 Å². The molecule has 1 aliphatic rings. The fourth-order valence-corrected chi connectivity index (χ4v) is 5.32. The molecule has 17 nitrogen and oxygen atoms in total. The Morgan fingerprint density at radius 3 is 1.77 bits per heavy atom. The van der Waals surface area contributed by atoms with Crippen molar-refractivity contribution in [2.45, 2.75) is 24.7 Å². The van der Waals surface area contributed by atoms with Crippen LogP contribution in [0.5, 0.6) is 63.2 Å². The summed E-state index contributed by atoms with van der Waals surface area (Å²) < 4.78 is 0. The number of fused-ring (bicyclic) bond motifs is 1. The molecule has 2 atom stereocenters. The Labute approximate surface area is 244 Å². The van der Waals surface area contributed by atoms with Crippen LogP contribution in [0.4, 0.5) is 5.69 Å². The Bertz CT molecular complexity index is 1690. The molecule has 0 saturated carbocycles. The number of carboxylic acid groups (broad SMARTS) is 1. The number of aromatic hydroxyl groups is 11. The maximum atomic E-state index is 11.5. The highest BCUT2D eigenvalue weighted by molar-refractivity contribution is 6.33. The van der Waals surface area contributed by atoms with E-state index in [-0.39, 0.29) is 17.1 Å². The number of aromatic carboxylic acids is 1. The molecule has 3 aromatic rings. The summed E-state index contributed by atoms with van der Waals surface area (Å²) >= 11 is 6.03. The van der Waals surface area contributed by atoms with E-state index >= 15 is 0 Å². The minimum atomic E-state index is -2.89. The monoisotopic (exact) mass is 628 g/mol. The second-order valence-electron chi connectivity index (χ2n) is 9.73.